The van der Waals surface area contributed by atoms with Gasteiger partial charge in [0.1, 0.15) is 35.9 Å². The normalized spacial score (nSPS) is 16.9. The maximum Gasteiger partial charge on any atom is 0.119 e. The highest BCUT2D eigenvalue weighted by atomic mass is 16.5. The summed E-state index contributed by atoms with van der Waals surface area (Å²) in [6.07, 6.45) is -2.41. The third kappa shape index (κ3) is 11.0. The summed E-state index contributed by atoms with van der Waals surface area (Å²) >= 11 is 0. The van der Waals surface area contributed by atoms with Crippen LogP contribution in [0.5, 0.6) is 11.5 Å². The molecule has 0 aliphatic carbocycles. The highest BCUT2D eigenvalue weighted by Gasteiger charge is 2.39. The summed E-state index contributed by atoms with van der Waals surface area (Å²) in [7, 11) is 0. The molecule has 2 aromatic rings. The lowest BCUT2D eigenvalue weighted by Gasteiger charge is -2.35. The Labute approximate surface area is 239 Å². The molecular formula is C32H50O8. The number of aliphatic hydroxyl groups is 6. The number of aryl methyl sites for hydroxylation is 1. The van der Waals surface area contributed by atoms with Gasteiger partial charge in [0.25, 0.3) is 0 Å². The van der Waals surface area contributed by atoms with Crippen LogP contribution in [0.1, 0.15) is 64.0 Å². The number of aliphatic hydroxyl groups excluding tert-OH is 6. The van der Waals surface area contributed by atoms with Gasteiger partial charge in [-0.15, -0.1) is 0 Å². The Morgan fingerprint density at radius 2 is 1.12 bits per heavy atom. The van der Waals surface area contributed by atoms with E-state index < -0.39 is 43.0 Å². The van der Waals surface area contributed by atoms with Crippen molar-refractivity contribution in [1.82, 2.24) is 0 Å². The van der Waals surface area contributed by atoms with E-state index in [4.69, 9.17) is 14.6 Å². The van der Waals surface area contributed by atoms with Crippen LogP contribution < -0.4 is 9.47 Å². The van der Waals surface area contributed by atoms with Gasteiger partial charge in [0.05, 0.1) is 25.9 Å². The lowest BCUT2D eigenvalue weighted by atomic mass is 9.77. The second-order valence-electron chi connectivity index (χ2n) is 10.8. The predicted octanol–water partition coefficient (Wildman–Crippen LogP) is 3.27. The maximum atomic E-state index is 11.2. The van der Waals surface area contributed by atoms with Gasteiger partial charge in [-0.3, -0.25) is 0 Å². The van der Waals surface area contributed by atoms with Crippen molar-refractivity contribution in [3.63, 3.8) is 0 Å². The minimum atomic E-state index is -1.83. The van der Waals surface area contributed by atoms with Crippen molar-refractivity contribution in [2.75, 3.05) is 19.8 Å². The molecule has 0 radical (unpaired) electrons. The summed E-state index contributed by atoms with van der Waals surface area (Å²) in [6.45, 7) is 6.78. The molecule has 2 aromatic carbocycles. The Bertz CT molecular complexity index is 920. The number of rotatable bonds is 20. The van der Waals surface area contributed by atoms with Crippen LogP contribution in [0.25, 0.3) is 0 Å². The molecule has 8 nitrogen and oxygen atoms in total. The van der Waals surface area contributed by atoms with Gasteiger partial charge >= 0.3 is 0 Å². The molecule has 0 fully saturated rings. The summed E-state index contributed by atoms with van der Waals surface area (Å²) in [5.41, 5.74) is 2.06. The molecule has 3 unspecified atom stereocenters. The van der Waals surface area contributed by atoms with Crippen LogP contribution >= 0.6 is 0 Å². The molecule has 226 valence electrons. The smallest absolute Gasteiger partial charge is 0.119 e. The largest absolute Gasteiger partial charge is 0.494 e. The lowest BCUT2D eigenvalue weighted by Crippen LogP contribution is -2.52. The van der Waals surface area contributed by atoms with E-state index in [9.17, 15) is 25.5 Å². The zero-order valence-corrected chi connectivity index (χ0v) is 24.2. The molecule has 0 aromatic heterocycles. The van der Waals surface area contributed by atoms with Crippen molar-refractivity contribution in [1.29, 1.82) is 0 Å². The summed E-state index contributed by atoms with van der Waals surface area (Å²) in [4.78, 5) is 0. The van der Waals surface area contributed by atoms with E-state index in [1.165, 1.54) is 0 Å². The quantitative estimate of drug-likeness (QED) is 0.135. The molecule has 6 N–H and O–H groups in total. The Kier molecular flexibility index (Phi) is 15.5. The molecule has 0 aliphatic heterocycles. The van der Waals surface area contributed by atoms with E-state index in [2.05, 4.69) is 13.8 Å². The van der Waals surface area contributed by atoms with Crippen molar-refractivity contribution in [3.8, 4) is 11.5 Å². The first kappa shape index (κ1) is 34.0. The fourth-order valence-electron chi connectivity index (χ4n) is 4.67. The second kappa shape index (κ2) is 18.3. The zero-order valence-electron chi connectivity index (χ0n) is 24.2. The molecule has 0 spiro atoms. The topological polar surface area (TPSA) is 140 Å². The fourth-order valence-corrected chi connectivity index (χ4v) is 4.67. The fraction of sp³-hybridized carbons (Fsp3) is 0.625. The average molecular weight is 563 g/mol. The van der Waals surface area contributed by atoms with Gasteiger partial charge in [-0.25, -0.2) is 0 Å². The molecule has 0 amide bonds. The Balaban J connectivity index is 2.13. The highest BCUT2D eigenvalue weighted by molar-refractivity contribution is 5.28. The first-order chi connectivity index (χ1) is 19.2. The summed E-state index contributed by atoms with van der Waals surface area (Å²) in [5, 5.41) is 61.4. The van der Waals surface area contributed by atoms with Crippen molar-refractivity contribution in [2.45, 2.75) is 96.2 Å². The lowest BCUT2D eigenvalue weighted by molar-refractivity contribution is -0.152. The number of benzene rings is 2. The van der Waals surface area contributed by atoms with E-state index in [-0.39, 0.29) is 5.92 Å². The highest BCUT2D eigenvalue weighted by Crippen LogP contribution is 2.29. The van der Waals surface area contributed by atoms with Gasteiger partial charge in [0.2, 0.25) is 0 Å². The summed E-state index contributed by atoms with van der Waals surface area (Å²) < 4.78 is 11.5. The summed E-state index contributed by atoms with van der Waals surface area (Å²) in [5.74, 6) is 1.06. The number of hydrogen-bond donors (Lipinski definition) is 6. The van der Waals surface area contributed by atoms with E-state index in [0.717, 1.165) is 54.7 Å². The number of ether oxygens (including phenoxy) is 2. The van der Waals surface area contributed by atoms with Crippen LogP contribution in [0, 0.1) is 11.8 Å². The first-order valence-electron chi connectivity index (χ1n) is 14.7. The van der Waals surface area contributed by atoms with E-state index in [0.29, 0.717) is 26.1 Å². The molecular weight excluding hydrogens is 512 g/mol. The Morgan fingerprint density at radius 1 is 0.650 bits per heavy atom. The second-order valence-corrected chi connectivity index (χ2v) is 10.8. The van der Waals surface area contributed by atoms with Crippen LogP contribution in [-0.2, 0) is 12.8 Å². The van der Waals surface area contributed by atoms with E-state index in [1.54, 1.807) is 0 Å². The minimum absolute atomic E-state index is 0.0716. The van der Waals surface area contributed by atoms with Crippen LogP contribution in [0.2, 0.25) is 0 Å². The van der Waals surface area contributed by atoms with Gasteiger partial charge < -0.3 is 40.1 Å². The van der Waals surface area contributed by atoms with Crippen molar-refractivity contribution >= 4 is 0 Å². The third-order valence-electron chi connectivity index (χ3n) is 7.54. The number of unbranched alkanes of at least 4 members (excludes halogenated alkanes) is 2. The minimum Gasteiger partial charge on any atom is -0.494 e. The molecule has 0 bridgehead atoms. The Morgan fingerprint density at radius 3 is 1.60 bits per heavy atom. The first-order valence-corrected chi connectivity index (χ1v) is 14.7. The molecule has 40 heavy (non-hydrogen) atoms. The van der Waals surface area contributed by atoms with Crippen molar-refractivity contribution < 1.29 is 40.1 Å². The van der Waals surface area contributed by atoms with Crippen LogP contribution in [0.15, 0.2) is 48.5 Å². The predicted molar refractivity (Wildman–Crippen MR) is 155 cm³/mol. The maximum absolute atomic E-state index is 11.2. The average Bonchev–Trinajstić information content (AvgIpc) is 2.98. The summed E-state index contributed by atoms with van der Waals surface area (Å²) in [6, 6.07) is 15.6. The monoisotopic (exact) mass is 562 g/mol. The van der Waals surface area contributed by atoms with Crippen molar-refractivity contribution in [3.05, 3.63) is 59.7 Å². The van der Waals surface area contributed by atoms with Gasteiger partial charge in [-0.05, 0) is 79.3 Å². The van der Waals surface area contributed by atoms with E-state index in [1.807, 2.05) is 55.5 Å². The molecule has 0 aliphatic rings. The van der Waals surface area contributed by atoms with Crippen LogP contribution in [-0.4, -0.2) is 81.0 Å². The molecule has 7 atom stereocenters. The van der Waals surface area contributed by atoms with Crippen LogP contribution in [0.3, 0.4) is 0 Å². The molecule has 0 heterocycles. The van der Waals surface area contributed by atoms with Crippen molar-refractivity contribution in [2.24, 2.45) is 11.8 Å². The molecule has 2 rings (SSSR count). The number of hydrogen-bond acceptors (Lipinski definition) is 8. The van der Waals surface area contributed by atoms with Gasteiger partial charge in [0.15, 0.2) is 0 Å². The van der Waals surface area contributed by atoms with Gasteiger partial charge in [-0.2, -0.15) is 0 Å². The Hall–Kier alpha value is -2.20. The van der Waals surface area contributed by atoms with E-state index >= 15 is 0 Å². The zero-order chi connectivity index (χ0) is 29.5. The van der Waals surface area contributed by atoms with Crippen LogP contribution in [0.4, 0.5) is 0 Å². The third-order valence-corrected chi connectivity index (χ3v) is 7.54. The molecule has 0 saturated carbocycles. The SMILES string of the molecule is CCCCOc1ccc(CCC(C)C(Cc2ccc(OCCCC)cc2)C(O)[C@@H](O)[C@@H](O)[C@H](O)[C@@H](O)CO)cc1. The standard InChI is InChI=1S/C32H50O8/c1-4-6-18-39-25-14-10-23(11-15-25)9-8-22(3)27(29(35)31(37)32(38)30(36)28(34)21-33)20-24-12-16-26(17-13-24)40-19-7-5-2/h10-17,22,27-38H,4-9,18-21H2,1-3H3/t22?,27?,28-,29?,30+,31+,32-/m0/s1. The van der Waals surface area contributed by atoms with Gasteiger partial charge in [0, 0.05) is 0 Å². The molecule has 8 heteroatoms. The van der Waals surface area contributed by atoms with Gasteiger partial charge in [-0.1, -0.05) is 57.9 Å². The molecule has 0 saturated heterocycles.